The third-order valence-corrected chi connectivity index (χ3v) is 2.66. The molecule has 0 amide bonds. The van der Waals surface area contributed by atoms with Crippen molar-refractivity contribution in [2.24, 2.45) is 5.73 Å². The van der Waals surface area contributed by atoms with Crippen molar-refractivity contribution in [1.29, 1.82) is 0 Å². The Hall–Kier alpha value is -0.640. The zero-order valence-corrected chi connectivity index (χ0v) is 10.6. The molecular weight excluding hydrogens is 252 g/mol. The van der Waals surface area contributed by atoms with Crippen molar-refractivity contribution in [1.82, 2.24) is 0 Å². The molecule has 0 radical (unpaired) electrons. The normalized spacial score (nSPS) is 15.8. The molecule has 2 unspecified atom stereocenters. The summed E-state index contributed by atoms with van der Waals surface area (Å²) >= 11 is 5.66. The summed E-state index contributed by atoms with van der Waals surface area (Å²) < 4.78 is 13.9. The number of carbonyl (C=O) groups is 1. The number of hydrogen-bond donors (Lipinski definition) is 1. The smallest absolute Gasteiger partial charge is 0.201 e. The van der Waals surface area contributed by atoms with Crippen LogP contribution >= 0.6 is 24.0 Å². The molecule has 5 heteroatoms. The maximum atomic E-state index is 13.9. The molecule has 0 heterocycles. The maximum Gasteiger partial charge on any atom is 0.201 e. The van der Waals surface area contributed by atoms with Crippen LogP contribution in [0.15, 0.2) is 24.3 Å². The molecule has 1 aromatic rings. The fourth-order valence-corrected chi connectivity index (χ4v) is 1.22. The van der Waals surface area contributed by atoms with Gasteiger partial charge in [0.2, 0.25) is 5.78 Å². The largest absolute Gasteiger partial charge is 0.325 e. The van der Waals surface area contributed by atoms with Gasteiger partial charge in [0.1, 0.15) is 0 Å². The number of Topliss-reactive ketones (excluding diaryl/α,β-unsaturated/α-hetero) is 1. The van der Waals surface area contributed by atoms with Gasteiger partial charge in [0, 0.05) is 16.6 Å². The first-order valence-corrected chi connectivity index (χ1v) is 4.98. The fourth-order valence-electron chi connectivity index (χ4n) is 1.09. The van der Waals surface area contributed by atoms with Crippen molar-refractivity contribution in [2.45, 2.75) is 25.6 Å². The second-order valence-corrected chi connectivity index (χ2v) is 4.14. The van der Waals surface area contributed by atoms with Gasteiger partial charge < -0.3 is 5.73 Å². The van der Waals surface area contributed by atoms with Gasteiger partial charge in [0.15, 0.2) is 5.67 Å². The highest BCUT2D eigenvalue weighted by molar-refractivity contribution is 6.30. The Labute approximate surface area is 105 Å². The summed E-state index contributed by atoms with van der Waals surface area (Å²) in [6.07, 6.45) is 0. The van der Waals surface area contributed by atoms with E-state index in [-0.39, 0.29) is 18.0 Å². The lowest BCUT2D eigenvalue weighted by molar-refractivity contribution is 0.0677. The van der Waals surface area contributed by atoms with Crippen LogP contribution in [0.1, 0.15) is 24.2 Å². The molecule has 0 aromatic heterocycles. The van der Waals surface area contributed by atoms with Gasteiger partial charge in [0.05, 0.1) is 0 Å². The van der Waals surface area contributed by atoms with Crippen LogP contribution in [0.5, 0.6) is 0 Å². The SMILES string of the molecule is CC(N)C(C)(F)C(=O)c1ccc(Cl)cc1.Cl. The molecule has 2 nitrogen and oxygen atoms in total. The van der Waals surface area contributed by atoms with E-state index in [1.807, 2.05) is 0 Å². The number of halogens is 3. The quantitative estimate of drug-likeness (QED) is 0.854. The topological polar surface area (TPSA) is 43.1 Å². The third-order valence-electron chi connectivity index (χ3n) is 2.41. The Morgan fingerprint density at radius 1 is 1.44 bits per heavy atom. The first-order chi connectivity index (χ1) is 6.85. The van der Waals surface area contributed by atoms with Crippen molar-refractivity contribution >= 4 is 29.8 Å². The number of benzene rings is 1. The average Bonchev–Trinajstić information content (AvgIpc) is 2.17. The van der Waals surface area contributed by atoms with Crippen molar-refractivity contribution < 1.29 is 9.18 Å². The summed E-state index contributed by atoms with van der Waals surface area (Å²) in [5.41, 5.74) is 3.65. The number of hydrogen-bond acceptors (Lipinski definition) is 2. The van der Waals surface area contributed by atoms with Gasteiger partial charge in [-0.25, -0.2) is 4.39 Å². The first-order valence-electron chi connectivity index (χ1n) is 4.60. The van der Waals surface area contributed by atoms with E-state index in [4.69, 9.17) is 17.3 Å². The molecule has 0 saturated carbocycles. The van der Waals surface area contributed by atoms with E-state index in [2.05, 4.69) is 0 Å². The predicted octanol–water partition coefficient (Wildman–Crippen LogP) is 3.02. The van der Waals surface area contributed by atoms with Crippen molar-refractivity contribution in [3.63, 3.8) is 0 Å². The molecule has 0 aliphatic carbocycles. The molecule has 0 saturated heterocycles. The van der Waals surface area contributed by atoms with Gasteiger partial charge in [-0.15, -0.1) is 12.4 Å². The van der Waals surface area contributed by atoms with Gasteiger partial charge in [-0.05, 0) is 38.1 Å². The lowest BCUT2D eigenvalue weighted by Gasteiger charge is -2.22. The lowest BCUT2D eigenvalue weighted by atomic mass is 9.91. The molecule has 0 spiro atoms. The predicted molar refractivity (Wildman–Crippen MR) is 66.2 cm³/mol. The molecule has 1 rings (SSSR count). The van der Waals surface area contributed by atoms with Gasteiger partial charge in [0.25, 0.3) is 0 Å². The highest BCUT2D eigenvalue weighted by Gasteiger charge is 2.37. The summed E-state index contributed by atoms with van der Waals surface area (Å²) in [5, 5.41) is 0.507. The van der Waals surface area contributed by atoms with Gasteiger partial charge in [-0.2, -0.15) is 0 Å². The number of nitrogens with two attached hydrogens (primary N) is 1. The maximum absolute atomic E-state index is 13.9. The minimum absolute atomic E-state index is 0. The van der Waals surface area contributed by atoms with Crippen LogP contribution in [0.25, 0.3) is 0 Å². The van der Waals surface area contributed by atoms with E-state index in [9.17, 15) is 9.18 Å². The van der Waals surface area contributed by atoms with Crippen molar-refractivity contribution in [2.75, 3.05) is 0 Å². The van der Waals surface area contributed by atoms with Crippen LogP contribution < -0.4 is 5.73 Å². The summed E-state index contributed by atoms with van der Waals surface area (Å²) in [4.78, 5) is 11.7. The third kappa shape index (κ3) is 3.17. The number of alkyl halides is 1. The Morgan fingerprint density at radius 3 is 2.25 bits per heavy atom. The lowest BCUT2D eigenvalue weighted by Crippen LogP contribution is -2.46. The van der Waals surface area contributed by atoms with Gasteiger partial charge in [-0.1, -0.05) is 11.6 Å². The number of carbonyl (C=O) groups excluding carboxylic acids is 1. The molecule has 0 fully saturated rings. The zero-order valence-electron chi connectivity index (χ0n) is 9.04. The standard InChI is InChI=1S/C11H13ClFNO.ClH/c1-7(14)11(2,13)10(15)8-3-5-9(12)6-4-8;/h3-7H,14H2,1-2H3;1H. The highest BCUT2D eigenvalue weighted by Crippen LogP contribution is 2.21. The van der Waals surface area contributed by atoms with E-state index in [0.29, 0.717) is 5.02 Å². The molecular formula is C11H14Cl2FNO. The van der Waals surface area contributed by atoms with Crippen LogP contribution in [-0.2, 0) is 0 Å². The second kappa shape index (κ2) is 5.62. The Balaban J connectivity index is 0.00000225. The Bertz CT molecular complexity index is 363. The molecule has 90 valence electrons. The van der Waals surface area contributed by atoms with E-state index in [1.165, 1.54) is 26.0 Å². The molecule has 2 atom stereocenters. The van der Waals surface area contributed by atoms with E-state index >= 15 is 0 Å². The minimum atomic E-state index is -2.05. The summed E-state index contributed by atoms with van der Waals surface area (Å²) in [7, 11) is 0. The second-order valence-electron chi connectivity index (χ2n) is 3.70. The average molecular weight is 266 g/mol. The van der Waals surface area contributed by atoms with E-state index in [1.54, 1.807) is 12.1 Å². The fraction of sp³-hybridized carbons (Fsp3) is 0.364. The van der Waals surface area contributed by atoms with Crippen LogP contribution in [0, 0.1) is 0 Å². The molecule has 0 bridgehead atoms. The van der Waals surface area contributed by atoms with Crippen molar-refractivity contribution in [3.8, 4) is 0 Å². The first kappa shape index (κ1) is 15.4. The van der Waals surface area contributed by atoms with Crippen LogP contribution in [-0.4, -0.2) is 17.5 Å². The van der Waals surface area contributed by atoms with Gasteiger partial charge >= 0.3 is 0 Å². The Kier molecular flexibility index (Phi) is 5.39. The monoisotopic (exact) mass is 265 g/mol. The van der Waals surface area contributed by atoms with Crippen LogP contribution in [0.4, 0.5) is 4.39 Å². The van der Waals surface area contributed by atoms with Crippen molar-refractivity contribution in [3.05, 3.63) is 34.9 Å². The molecule has 16 heavy (non-hydrogen) atoms. The van der Waals surface area contributed by atoms with Crippen LogP contribution in [0.3, 0.4) is 0 Å². The summed E-state index contributed by atoms with van der Waals surface area (Å²) in [6.45, 7) is 2.66. The van der Waals surface area contributed by atoms with Gasteiger partial charge in [-0.3, -0.25) is 4.79 Å². The zero-order chi connectivity index (χ0) is 11.6. The molecule has 0 aliphatic rings. The minimum Gasteiger partial charge on any atom is -0.325 e. The molecule has 1 aromatic carbocycles. The molecule has 0 aliphatic heterocycles. The summed E-state index contributed by atoms with van der Waals surface area (Å²) in [6, 6.07) is 5.23. The Morgan fingerprint density at radius 2 is 1.88 bits per heavy atom. The number of rotatable bonds is 3. The van der Waals surface area contributed by atoms with E-state index in [0.717, 1.165) is 0 Å². The summed E-state index contributed by atoms with van der Waals surface area (Å²) in [5.74, 6) is -0.617. The van der Waals surface area contributed by atoms with Crippen LogP contribution in [0.2, 0.25) is 5.02 Å². The highest BCUT2D eigenvalue weighted by atomic mass is 35.5. The molecule has 2 N–H and O–H groups in total. The number of ketones is 1. The van der Waals surface area contributed by atoms with E-state index < -0.39 is 17.5 Å².